The number of nitrogens with one attached hydrogen (secondary N) is 3. The first-order valence-corrected chi connectivity index (χ1v) is 16.7. The molecule has 4 aromatic rings. The normalized spacial score (nSPS) is 18.6. The number of amides is 1. The molecule has 48 heavy (non-hydrogen) atoms. The second kappa shape index (κ2) is 14.5. The van der Waals surface area contributed by atoms with Crippen LogP contribution >= 0.6 is 0 Å². The molecule has 1 amide bonds. The summed E-state index contributed by atoms with van der Waals surface area (Å²) in [7, 11) is 0. The van der Waals surface area contributed by atoms with Crippen molar-refractivity contribution in [1.82, 2.24) is 20.2 Å². The summed E-state index contributed by atoms with van der Waals surface area (Å²) in [6.07, 6.45) is 6.02. The van der Waals surface area contributed by atoms with E-state index in [9.17, 15) is 29.4 Å². The van der Waals surface area contributed by atoms with Gasteiger partial charge < -0.3 is 20.5 Å². The topological polar surface area (TPSA) is 156 Å². The zero-order valence-electron chi connectivity index (χ0n) is 27.0. The van der Waals surface area contributed by atoms with E-state index in [0.29, 0.717) is 43.4 Å². The first-order valence-electron chi connectivity index (χ1n) is 16.7. The van der Waals surface area contributed by atoms with Gasteiger partial charge in [0.15, 0.2) is 0 Å². The van der Waals surface area contributed by atoms with Crippen molar-refractivity contribution >= 4 is 11.7 Å². The zero-order chi connectivity index (χ0) is 33.7. The summed E-state index contributed by atoms with van der Waals surface area (Å²) < 4.78 is 0. The average molecular weight is 651 g/mol. The van der Waals surface area contributed by atoms with Gasteiger partial charge in [-0.05, 0) is 73.4 Å². The van der Waals surface area contributed by atoms with Crippen molar-refractivity contribution in [2.45, 2.75) is 62.8 Å². The van der Waals surface area contributed by atoms with Crippen LogP contribution in [0.25, 0.3) is 11.1 Å². The number of carbonyl (C=O) groups excluding carboxylic acids is 2. The minimum atomic E-state index is -0.566. The van der Waals surface area contributed by atoms with Gasteiger partial charge in [0, 0.05) is 55.8 Å². The molecule has 1 aliphatic carbocycles. The number of hydrogen-bond acceptors (Lipinski definition) is 7. The highest BCUT2D eigenvalue weighted by Crippen LogP contribution is 2.51. The molecule has 6 rings (SSSR count). The first kappa shape index (κ1) is 33.1. The number of aromatic hydroxyl groups is 1. The molecular weight excluding hydrogens is 608 g/mol. The SMILES string of the molecule is O=C(CCCO)C[C@]12CCN(CCc3ccccc3)[C@H](Cc3ccc(C(=O)NCCc4ccc(-c5c[nH]c(=O)[nH]c5=O)cc4)c(O)c31)C2. The maximum Gasteiger partial charge on any atom is 0.325 e. The summed E-state index contributed by atoms with van der Waals surface area (Å²) in [6, 6.07) is 21.6. The molecule has 0 saturated carbocycles. The maximum absolute atomic E-state index is 13.4. The van der Waals surface area contributed by atoms with Gasteiger partial charge in [-0.3, -0.25) is 24.3 Å². The summed E-state index contributed by atoms with van der Waals surface area (Å²) in [5.41, 5.74) is 3.58. The van der Waals surface area contributed by atoms with Gasteiger partial charge in [0.05, 0.1) is 11.1 Å². The molecule has 0 spiro atoms. The number of aliphatic hydroxyl groups excluding tert-OH is 1. The number of aromatic nitrogens is 2. The lowest BCUT2D eigenvalue weighted by molar-refractivity contribution is -0.121. The molecule has 1 aromatic heterocycles. The Bertz CT molecular complexity index is 1880. The second-order valence-corrected chi connectivity index (χ2v) is 13.1. The molecule has 10 nitrogen and oxygen atoms in total. The van der Waals surface area contributed by atoms with E-state index in [1.165, 1.54) is 11.8 Å². The van der Waals surface area contributed by atoms with Gasteiger partial charge in [0.25, 0.3) is 11.5 Å². The molecule has 5 N–H and O–H groups in total. The molecule has 0 radical (unpaired) electrons. The van der Waals surface area contributed by atoms with Crippen LogP contribution in [0.15, 0.2) is 82.5 Å². The zero-order valence-corrected chi connectivity index (χ0v) is 27.0. The molecule has 1 saturated heterocycles. The molecule has 250 valence electrons. The molecule has 2 bridgehead atoms. The van der Waals surface area contributed by atoms with Crippen molar-refractivity contribution < 1.29 is 19.8 Å². The number of phenols is 1. The number of carbonyl (C=O) groups is 2. The van der Waals surface area contributed by atoms with E-state index in [1.807, 2.05) is 24.3 Å². The summed E-state index contributed by atoms with van der Waals surface area (Å²) in [5, 5.41) is 24.0. The Hall–Kier alpha value is -4.80. The van der Waals surface area contributed by atoms with Gasteiger partial charge in [-0.25, -0.2) is 4.79 Å². The van der Waals surface area contributed by atoms with Crippen molar-refractivity contribution in [2.24, 2.45) is 0 Å². The first-order chi connectivity index (χ1) is 23.3. The smallest absolute Gasteiger partial charge is 0.325 e. The number of ketones is 1. The van der Waals surface area contributed by atoms with Crippen LogP contribution in [0.4, 0.5) is 0 Å². The number of piperidine rings is 1. The van der Waals surface area contributed by atoms with E-state index >= 15 is 0 Å². The van der Waals surface area contributed by atoms with Crippen LogP contribution in [0.5, 0.6) is 5.75 Å². The van der Waals surface area contributed by atoms with Gasteiger partial charge in [-0.1, -0.05) is 60.7 Å². The Morgan fingerprint density at radius 2 is 1.75 bits per heavy atom. The minimum absolute atomic E-state index is 0.0355. The largest absolute Gasteiger partial charge is 0.507 e. The Morgan fingerprint density at radius 3 is 2.50 bits per heavy atom. The predicted octanol–water partition coefficient (Wildman–Crippen LogP) is 3.64. The minimum Gasteiger partial charge on any atom is -0.507 e. The molecule has 2 aliphatic rings. The van der Waals surface area contributed by atoms with Gasteiger partial charge in [0.2, 0.25) is 0 Å². The van der Waals surface area contributed by atoms with Crippen LogP contribution < -0.4 is 16.6 Å². The average Bonchev–Trinajstić information content (AvgIpc) is 3.08. The monoisotopic (exact) mass is 650 g/mol. The second-order valence-electron chi connectivity index (χ2n) is 13.1. The summed E-state index contributed by atoms with van der Waals surface area (Å²) in [5.74, 6) is -0.346. The van der Waals surface area contributed by atoms with Crippen molar-refractivity contribution in [3.63, 3.8) is 0 Å². The quantitative estimate of drug-likeness (QED) is 0.148. The van der Waals surface area contributed by atoms with Crippen LogP contribution in [0.3, 0.4) is 0 Å². The number of aliphatic hydroxyl groups is 1. The number of Topliss-reactive ketones (excluding diaryl/α,β-unsaturated/α-hetero) is 1. The van der Waals surface area contributed by atoms with Crippen molar-refractivity contribution in [2.75, 3.05) is 26.2 Å². The number of hydrogen-bond donors (Lipinski definition) is 5. The Labute approximate surface area is 278 Å². The number of H-pyrrole nitrogens is 2. The Balaban J connectivity index is 1.16. The number of likely N-dealkylation sites (tertiary alicyclic amines) is 1. The molecule has 1 fully saturated rings. The van der Waals surface area contributed by atoms with Crippen LogP contribution in [-0.4, -0.2) is 69.1 Å². The van der Waals surface area contributed by atoms with E-state index in [-0.39, 0.29) is 42.1 Å². The Kier molecular flexibility index (Phi) is 10.0. The summed E-state index contributed by atoms with van der Waals surface area (Å²) in [4.78, 5) is 57.3. The predicted molar refractivity (Wildman–Crippen MR) is 183 cm³/mol. The van der Waals surface area contributed by atoms with E-state index < -0.39 is 16.7 Å². The van der Waals surface area contributed by atoms with Crippen molar-refractivity contribution in [1.29, 1.82) is 0 Å². The fraction of sp³-hybridized carbons (Fsp3) is 0.368. The molecule has 3 aromatic carbocycles. The van der Waals surface area contributed by atoms with Gasteiger partial charge in [-0.15, -0.1) is 0 Å². The highest BCUT2D eigenvalue weighted by molar-refractivity contribution is 5.97. The highest BCUT2D eigenvalue weighted by Gasteiger charge is 2.48. The fourth-order valence-electron chi connectivity index (χ4n) is 7.58. The van der Waals surface area contributed by atoms with E-state index in [4.69, 9.17) is 0 Å². The molecular formula is C38H42N4O6. The standard InChI is InChI=1S/C38H42N4O6/c43-20-4-7-30(44)23-38-16-19-42(18-15-25-5-2-1-3-6-25)29(22-38)21-28-12-13-31(34(45)33(28)38)35(46)39-17-14-26-8-10-27(11-9-26)32-24-40-37(48)41-36(32)47/h1-3,5-6,8-13,24,29,43,45H,4,7,14-23H2,(H,39,46)(H2,40,41,47,48)/t29-,38-/m1/s1. The van der Waals surface area contributed by atoms with Crippen molar-refractivity contribution in [3.05, 3.63) is 122 Å². The molecule has 1 aliphatic heterocycles. The number of fused-ring (bicyclic) bond motifs is 4. The molecule has 10 heteroatoms. The van der Waals surface area contributed by atoms with Crippen molar-refractivity contribution in [3.8, 4) is 16.9 Å². The van der Waals surface area contributed by atoms with Crippen LogP contribution in [0.1, 0.15) is 64.7 Å². The van der Waals surface area contributed by atoms with Crippen LogP contribution in [0.2, 0.25) is 0 Å². The van der Waals surface area contributed by atoms with Crippen LogP contribution in [0, 0.1) is 0 Å². The third-order valence-corrected chi connectivity index (χ3v) is 9.98. The maximum atomic E-state index is 13.4. The van der Waals surface area contributed by atoms with Crippen LogP contribution in [-0.2, 0) is 29.5 Å². The van der Waals surface area contributed by atoms with E-state index in [2.05, 4.69) is 44.5 Å². The van der Waals surface area contributed by atoms with Gasteiger partial charge in [-0.2, -0.15) is 0 Å². The highest BCUT2D eigenvalue weighted by atomic mass is 16.3. The number of benzene rings is 3. The lowest BCUT2D eigenvalue weighted by Crippen LogP contribution is -2.54. The third kappa shape index (κ3) is 7.19. The number of aromatic amines is 2. The molecule has 0 unspecified atom stereocenters. The van der Waals surface area contributed by atoms with E-state index in [1.54, 1.807) is 18.2 Å². The lowest BCUT2D eigenvalue weighted by atomic mass is 9.61. The lowest BCUT2D eigenvalue weighted by Gasteiger charge is -2.51. The summed E-state index contributed by atoms with van der Waals surface area (Å²) in [6.45, 7) is 2.01. The van der Waals surface area contributed by atoms with E-state index in [0.717, 1.165) is 49.0 Å². The number of rotatable bonds is 13. The van der Waals surface area contributed by atoms with Gasteiger partial charge >= 0.3 is 5.69 Å². The third-order valence-electron chi connectivity index (χ3n) is 9.98. The summed E-state index contributed by atoms with van der Waals surface area (Å²) >= 11 is 0. The Morgan fingerprint density at radius 1 is 0.979 bits per heavy atom. The van der Waals surface area contributed by atoms with Gasteiger partial charge in [0.1, 0.15) is 11.5 Å². The fourth-order valence-corrected chi connectivity index (χ4v) is 7.58. The molecule has 2 atom stereocenters. The molecule has 2 heterocycles. The number of nitrogens with zero attached hydrogens (tertiary/aromatic N) is 1. The number of phenolic OH excluding ortho intramolecular Hbond substituents is 1.